The van der Waals surface area contributed by atoms with Crippen molar-refractivity contribution in [2.45, 2.75) is 45.7 Å². The van der Waals surface area contributed by atoms with Gasteiger partial charge in [-0.05, 0) is 25.3 Å². The minimum absolute atomic E-state index is 0.309. The molecule has 2 aromatic heterocycles. The first-order valence-electron chi connectivity index (χ1n) is 7.58. The van der Waals surface area contributed by atoms with Gasteiger partial charge < -0.3 is 4.52 Å². The van der Waals surface area contributed by atoms with Crippen molar-refractivity contribution >= 4 is 0 Å². The average molecular weight is 290 g/mol. The van der Waals surface area contributed by atoms with Crippen LogP contribution in [-0.2, 0) is 13.1 Å². The number of hydrogen-bond donors (Lipinski definition) is 0. The molecule has 1 aliphatic rings. The van der Waals surface area contributed by atoms with E-state index in [1.807, 2.05) is 4.68 Å². The van der Waals surface area contributed by atoms with Crippen LogP contribution < -0.4 is 0 Å². The molecule has 0 unspecified atom stereocenters. The van der Waals surface area contributed by atoms with E-state index in [1.165, 1.54) is 12.8 Å². The van der Waals surface area contributed by atoms with Crippen LogP contribution in [0, 0.1) is 5.92 Å². The van der Waals surface area contributed by atoms with Crippen LogP contribution in [0.1, 0.15) is 44.3 Å². The first-order valence-corrected chi connectivity index (χ1v) is 7.58. The third-order valence-electron chi connectivity index (χ3n) is 3.87. The summed E-state index contributed by atoms with van der Waals surface area (Å²) < 4.78 is 7.25. The van der Waals surface area contributed by atoms with E-state index in [4.69, 9.17) is 4.52 Å². The van der Waals surface area contributed by atoms with Crippen molar-refractivity contribution in [3.8, 4) is 0 Å². The number of piperidine rings is 1. The molecule has 2 aromatic rings. The Morgan fingerprint density at radius 1 is 1.43 bits per heavy atom. The summed E-state index contributed by atoms with van der Waals surface area (Å²) in [6, 6.07) is 0. The van der Waals surface area contributed by atoms with Gasteiger partial charge in [-0.2, -0.15) is 10.1 Å². The third kappa shape index (κ3) is 3.66. The maximum absolute atomic E-state index is 5.34. The number of hydrogen-bond acceptors (Lipinski definition) is 6. The zero-order valence-corrected chi connectivity index (χ0v) is 12.6. The van der Waals surface area contributed by atoms with E-state index in [1.54, 1.807) is 12.7 Å². The van der Waals surface area contributed by atoms with Crippen molar-refractivity contribution in [3.63, 3.8) is 0 Å². The number of aromatic nitrogens is 5. The summed E-state index contributed by atoms with van der Waals surface area (Å²) in [5, 5.41) is 8.21. The van der Waals surface area contributed by atoms with Gasteiger partial charge in [0.05, 0.1) is 6.54 Å². The second kappa shape index (κ2) is 6.34. The van der Waals surface area contributed by atoms with E-state index in [9.17, 15) is 0 Å². The highest BCUT2D eigenvalue weighted by Gasteiger charge is 2.22. The van der Waals surface area contributed by atoms with Gasteiger partial charge in [0.15, 0.2) is 5.82 Å². The van der Waals surface area contributed by atoms with Crippen LogP contribution in [-0.4, -0.2) is 42.9 Å². The molecule has 3 heterocycles. The number of rotatable bonds is 5. The van der Waals surface area contributed by atoms with Gasteiger partial charge in [-0.15, -0.1) is 0 Å². The van der Waals surface area contributed by atoms with E-state index < -0.39 is 0 Å². The van der Waals surface area contributed by atoms with Crippen molar-refractivity contribution in [1.82, 2.24) is 29.8 Å². The van der Waals surface area contributed by atoms with Crippen LogP contribution in [0.5, 0.6) is 0 Å². The standard InChI is InChI=1S/C14H22N6O/c1-11(2)14-17-13(21-18-14)8-19-5-3-4-12(6-19)7-20-10-15-9-16-20/h9-12H,3-8H2,1-2H3/t12-/m0/s1. The fraction of sp³-hybridized carbons (Fsp3) is 0.714. The Balaban J connectivity index is 1.55. The molecule has 0 N–H and O–H groups in total. The molecule has 21 heavy (non-hydrogen) atoms. The average Bonchev–Trinajstić information content (AvgIpc) is 3.11. The van der Waals surface area contributed by atoms with E-state index >= 15 is 0 Å². The lowest BCUT2D eigenvalue weighted by molar-refractivity contribution is 0.138. The first-order chi connectivity index (χ1) is 10.2. The summed E-state index contributed by atoms with van der Waals surface area (Å²) in [6.45, 7) is 7.95. The van der Waals surface area contributed by atoms with Crippen LogP contribution >= 0.6 is 0 Å². The molecule has 0 aromatic carbocycles. The Labute approximate surface area is 124 Å². The highest BCUT2D eigenvalue weighted by atomic mass is 16.5. The van der Waals surface area contributed by atoms with E-state index in [2.05, 4.69) is 39.0 Å². The molecule has 0 spiro atoms. The van der Waals surface area contributed by atoms with Gasteiger partial charge >= 0.3 is 0 Å². The molecule has 1 atom stereocenters. The maximum atomic E-state index is 5.34. The lowest BCUT2D eigenvalue weighted by Crippen LogP contribution is -2.36. The monoisotopic (exact) mass is 290 g/mol. The molecule has 0 amide bonds. The zero-order valence-electron chi connectivity index (χ0n) is 12.6. The van der Waals surface area contributed by atoms with Gasteiger partial charge in [0.1, 0.15) is 12.7 Å². The largest absolute Gasteiger partial charge is 0.338 e. The van der Waals surface area contributed by atoms with Gasteiger partial charge in [0, 0.05) is 19.0 Å². The Hall–Kier alpha value is -1.76. The second-order valence-corrected chi connectivity index (χ2v) is 6.06. The van der Waals surface area contributed by atoms with Crippen molar-refractivity contribution < 1.29 is 4.52 Å². The summed E-state index contributed by atoms with van der Waals surface area (Å²) in [6.07, 6.45) is 5.81. The van der Waals surface area contributed by atoms with Crippen LogP contribution in [0.25, 0.3) is 0 Å². The summed E-state index contributed by atoms with van der Waals surface area (Å²) in [5.41, 5.74) is 0. The molecule has 1 fully saturated rings. The lowest BCUT2D eigenvalue weighted by Gasteiger charge is -2.31. The van der Waals surface area contributed by atoms with Gasteiger partial charge in [-0.1, -0.05) is 19.0 Å². The van der Waals surface area contributed by atoms with Crippen molar-refractivity contribution in [2.24, 2.45) is 5.92 Å². The molecule has 7 nitrogen and oxygen atoms in total. The number of likely N-dealkylation sites (tertiary alicyclic amines) is 1. The fourth-order valence-electron chi connectivity index (χ4n) is 2.79. The molecular weight excluding hydrogens is 268 g/mol. The van der Waals surface area contributed by atoms with Crippen LogP contribution in [0.15, 0.2) is 17.2 Å². The highest BCUT2D eigenvalue weighted by molar-refractivity contribution is 4.92. The molecule has 114 valence electrons. The Kier molecular flexibility index (Phi) is 4.28. The zero-order chi connectivity index (χ0) is 14.7. The Bertz CT molecular complexity index is 550. The van der Waals surface area contributed by atoms with Gasteiger partial charge in [0.25, 0.3) is 0 Å². The topological polar surface area (TPSA) is 72.9 Å². The number of nitrogens with zero attached hydrogens (tertiary/aromatic N) is 6. The van der Waals surface area contributed by atoms with Crippen molar-refractivity contribution in [2.75, 3.05) is 13.1 Å². The van der Waals surface area contributed by atoms with Gasteiger partial charge in [0.2, 0.25) is 5.89 Å². The van der Waals surface area contributed by atoms with Crippen LogP contribution in [0.3, 0.4) is 0 Å². The smallest absolute Gasteiger partial charge is 0.240 e. The highest BCUT2D eigenvalue weighted by Crippen LogP contribution is 2.20. The van der Waals surface area contributed by atoms with E-state index in [0.717, 1.165) is 37.9 Å². The fourth-order valence-corrected chi connectivity index (χ4v) is 2.79. The maximum Gasteiger partial charge on any atom is 0.240 e. The molecular formula is C14H22N6O. The third-order valence-corrected chi connectivity index (χ3v) is 3.87. The lowest BCUT2D eigenvalue weighted by atomic mass is 9.98. The minimum Gasteiger partial charge on any atom is -0.338 e. The van der Waals surface area contributed by atoms with Crippen LogP contribution in [0.4, 0.5) is 0 Å². The Morgan fingerprint density at radius 3 is 3.05 bits per heavy atom. The molecule has 1 aliphatic heterocycles. The minimum atomic E-state index is 0.309. The van der Waals surface area contributed by atoms with E-state index in [-0.39, 0.29) is 0 Å². The SMILES string of the molecule is CC(C)c1noc(CN2CCC[C@H](Cn3cncn3)C2)n1. The quantitative estimate of drug-likeness (QED) is 0.834. The molecule has 3 rings (SSSR count). The van der Waals surface area contributed by atoms with Crippen molar-refractivity contribution in [1.29, 1.82) is 0 Å². The summed E-state index contributed by atoms with van der Waals surface area (Å²) in [7, 11) is 0. The first kappa shape index (κ1) is 14.2. The van der Waals surface area contributed by atoms with Gasteiger partial charge in [-0.3, -0.25) is 9.58 Å². The molecule has 0 radical (unpaired) electrons. The summed E-state index contributed by atoms with van der Waals surface area (Å²) in [4.78, 5) is 10.8. The predicted molar refractivity (Wildman–Crippen MR) is 76.4 cm³/mol. The van der Waals surface area contributed by atoms with Crippen LogP contribution in [0.2, 0.25) is 0 Å². The predicted octanol–water partition coefficient (Wildman–Crippen LogP) is 1.70. The van der Waals surface area contributed by atoms with E-state index in [0.29, 0.717) is 11.8 Å². The molecule has 0 aliphatic carbocycles. The summed E-state index contributed by atoms with van der Waals surface area (Å²) >= 11 is 0. The molecule has 0 bridgehead atoms. The molecule has 1 saturated heterocycles. The van der Waals surface area contributed by atoms with Gasteiger partial charge in [-0.25, -0.2) is 4.98 Å². The van der Waals surface area contributed by atoms with Crippen molar-refractivity contribution in [3.05, 3.63) is 24.4 Å². The molecule has 7 heteroatoms. The second-order valence-electron chi connectivity index (χ2n) is 6.06. The molecule has 0 saturated carbocycles. The Morgan fingerprint density at radius 2 is 2.33 bits per heavy atom. The normalized spacial score (nSPS) is 20.2. The summed E-state index contributed by atoms with van der Waals surface area (Å²) in [5.74, 6) is 2.43.